The smallest absolute Gasteiger partial charge is 0.0648 e. The molecule has 7 aliphatic carbocycles. The monoisotopic (exact) mass is 687 g/mol. The molecular weight excluding hydrogens is 615 g/mol. The number of nitrogens with zero attached hydrogens (tertiary/aromatic N) is 1. The zero-order valence-corrected chi connectivity index (χ0v) is 31.6. The number of anilines is 3. The number of hydrogen-bond acceptors (Lipinski definition) is 1. The molecule has 1 heteroatoms. The molecule has 0 unspecified atom stereocenters. The van der Waals surface area contributed by atoms with Crippen molar-refractivity contribution in [3.8, 4) is 11.1 Å². The Bertz CT molecular complexity index is 2670. The lowest BCUT2D eigenvalue weighted by molar-refractivity contribution is -0.0399. The Morgan fingerprint density at radius 2 is 0.863 bits per heavy atom. The average Bonchev–Trinajstić information content (AvgIpc) is 3.53. The van der Waals surface area contributed by atoms with E-state index in [9.17, 15) is 15.1 Å². The highest BCUT2D eigenvalue weighted by molar-refractivity contribution is 5.87. The highest BCUT2D eigenvalue weighted by Gasteiger charge is 2.61. The third-order valence-electron chi connectivity index (χ3n) is 14.7. The second kappa shape index (κ2) is 10.4. The highest BCUT2D eigenvalue weighted by atomic mass is 15.1. The van der Waals surface area contributed by atoms with Gasteiger partial charge in [0.15, 0.2) is 0 Å². The van der Waals surface area contributed by atoms with Crippen molar-refractivity contribution in [2.24, 2.45) is 23.7 Å². The van der Waals surface area contributed by atoms with Gasteiger partial charge in [-0.05, 0) is 184 Å². The van der Waals surface area contributed by atoms with Gasteiger partial charge in [0.05, 0.1) is 17.8 Å². The van der Waals surface area contributed by atoms with Crippen LogP contribution in [-0.4, -0.2) is 0 Å². The maximum absolute atomic E-state index is 10.7. The fourth-order valence-corrected chi connectivity index (χ4v) is 11.8. The van der Waals surface area contributed by atoms with Crippen LogP contribution in [0.1, 0.15) is 164 Å². The van der Waals surface area contributed by atoms with E-state index in [2.05, 4.69) is 0 Å². The molecule has 264 valence electrons. The molecule has 0 aliphatic heterocycles. The van der Waals surface area contributed by atoms with Crippen LogP contribution in [0.3, 0.4) is 0 Å². The SMILES string of the molecule is [2H]c1c([2H])c([2H])c2c(c1[2H])-c1c([2H])c([2H])c(N(c3c([2H])c([2H])c4c(c3[2H])C(C)(C)CCC4(C)C)c3c([2H])c([2H])c4c(c3[2H])C(C)(C)CCC4(C)C)c([2H])c1C21C2CC3CC(C2)CC1C3. The summed E-state index contributed by atoms with van der Waals surface area (Å²) < 4.78 is 127. The molecule has 7 aliphatic rings. The minimum absolute atomic E-state index is 0.111. The van der Waals surface area contributed by atoms with E-state index in [0.717, 1.165) is 44.9 Å². The van der Waals surface area contributed by atoms with Crippen molar-refractivity contribution in [3.63, 3.8) is 0 Å². The summed E-state index contributed by atoms with van der Waals surface area (Å²) in [7, 11) is 0. The Morgan fingerprint density at radius 3 is 1.37 bits per heavy atom. The molecule has 51 heavy (non-hydrogen) atoms. The lowest BCUT2D eigenvalue weighted by atomic mass is 9.43. The predicted molar refractivity (Wildman–Crippen MR) is 215 cm³/mol. The summed E-state index contributed by atoms with van der Waals surface area (Å²) >= 11 is 0. The number of rotatable bonds is 3. The van der Waals surface area contributed by atoms with Crippen LogP contribution in [0.25, 0.3) is 11.1 Å². The van der Waals surface area contributed by atoms with E-state index in [4.69, 9.17) is 2.74 Å². The third-order valence-corrected chi connectivity index (χ3v) is 14.7. The molecule has 0 radical (unpaired) electrons. The molecule has 4 fully saturated rings. The predicted octanol–water partition coefficient (Wildman–Crippen LogP) is 13.6. The van der Waals surface area contributed by atoms with Gasteiger partial charge in [-0.2, -0.15) is 0 Å². The maximum Gasteiger partial charge on any atom is 0.0648 e. The third kappa shape index (κ3) is 4.45. The Labute approximate surface area is 326 Å². The second-order valence-electron chi connectivity index (χ2n) is 19.7. The van der Waals surface area contributed by atoms with E-state index in [1.165, 1.54) is 4.90 Å². The van der Waals surface area contributed by atoms with Gasteiger partial charge in [-0.15, -0.1) is 0 Å². The Hall–Kier alpha value is -3.32. The number of hydrogen-bond donors (Lipinski definition) is 0. The quantitative estimate of drug-likeness (QED) is 0.207. The van der Waals surface area contributed by atoms with Crippen LogP contribution in [0.2, 0.25) is 0 Å². The largest absolute Gasteiger partial charge is 0.310 e. The molecule has 0 aromatic heterocycles. The van der Waals surface area contributed by atoms with Gasteiger partial charge >= 0.3 is 0 Å². The van der Waals surface area contributed by atoms with Crippen LogP contribution in [0.4, 0.5) is 17.1 Å². The Morgan fingerprint density at radius 1 is 0.451 bits per heavy atom. The lowest BCUT2D eigenvalue weighted by Gasteiger charge is -2.61. The van der Waals surface area contributed by atoms with E-state index in [0.29, 0.717) is 58.1 Å². The molecule has 0 saturated heterocycles. The molecular formula is C50H59N. The van der Waals surface area contributed by atoms with Gasteiger partial charge in [0.25, 0.3) is 0 Å². The summed E-state index contributed by atoms with van der Waals surface area (Å²) in [6, 6.07) is -3.63. The highest BCUT2D eigenvalue weighted by Crippen LogP contribution is 2.69. The summed E-state index contributed by atoms with van der Waals surface area (Å²) in [5.74, 6) is 0.635. The van der Waals surface area contributed by atoms with E-state index in [1.807, 2.05) is 55.4 Å². The van der Waals surface area contributed by atoms with Crippen molar-refractivity contribution in [2.75, 3.05) is 4.90 Å². The summed E-state index contributed by atoms with van der Waals surface area (Å²) in [6.07, 6.45) is 7.05. The number of fused-ring (bicyclic) bond motifs is 5. The standard InChI is InChI=1S/C50H59N/c1-46(2)19-21-48(5,6)44-29-36(14-17-41(44)46)51(37-15-18-42-45(30-37)49(7,8)22-20-47(42,3)4)35-13-16-39-38-11-9-10-12-40(38)50(43(39)28-35)33-24-31-23-32(26-33)27-34(50)25-31/h9-18,28-34H,19-27H2,1-8H3/i9D,10D,11D,12D,13D,14D,15D,16D,17D,18D,28D,29D,30D. The van der Waals surface area contributed by atoms with Crippen molar-refractivity contribution >= 4 is 17.1 Å². The van der Waals surface area contributed by atoms with Gasteiger partial charge in [-0.25, -0.2) is 0 Å². The first-order valence-corrected chi connectivity index (χ1v) is 19.5. The molecule has 1 spiro atoms. The molecule has 4 bridgehead atoms. The average molecular weight is 687 g/mol. The van der Waals surface area contributed by atoms with Crippen LogP contribution in [0.5, 0.6) is 0 Å². The van der Waals surface area contributed by atoms with Crippen LogP contribution >= 0.6 is 0 Å². The molecule has 0 heterocycles. The summed E-state index contributed by atoms with van der Waals surface area (Å²) in [4.78, 5) is 1.31. The van der Waals surface area contributed by atoms with Crippen molar-refractivity contribution in [2.45, 2.75) is 140 Å². The zero-order valence-electron chi connectivity index (χ0n) is 44.6. The van der Waals surface area contributed by atoms with Crippen LogP contribution in [0, 0.1) is 23.7 Å². The van der Waals surface area contributed by atoms with Crippen molar-refractivity contribution in [1.29, 1.82) is 0 Å². The van der Waals surface area contributed by atoms with Gasteiger partial charge < -0.3 is 4.90 Å². The number of benzene rings is 4. The topological polar surface area (TPSA) is 3.24 Å². The minimum Gasteiger partial charge on any atom is -0.310 e. The van der Waals surface area contributed by atoms with E-state index >= 15 is 0 Å². The Balaban J connectivity index is 1.40. The molecule has 4 aromatic rings. The molecule has 4 saturated carbocycles. The molecule has 1 nitrogen and oxygen atoms in total. The maximum atomic E-state index is 10.7. The van der Waals surface area contributed by atoms with Crippen molar-refractivity contribution < 1.29 is 17.8 Å². The Kier molecular flexibility index (Phi) is 4.37. The second-order valence-corrected chi connectivity index (χ2v) is 19.7. The van der Waals surface area contributed by atoms with Gasteiger partial charge in [-0.1, -0.05) is 97.7 Å². The minimum atomic E-state index is -1.10. The van der Waals surface area contributed by atoms with Gasteiger partial charge in [0.1, 0.15) is 0 Å². The first-order chi connectivity index (χ1) is 29.6. The summed E-state index contributed by atoms with van der Waals surface area (Å²) in [5, 5.41) is 0. The van der Waals surface area contributed by atoms with Crippen LogP contribution in [0.15, 0.2) is 78.6 Å². The van der Waals surface area contributed by atoms with Crippen molar-refractivity contribution in [1.82, 2.24) is 0 Å². The molecule has 11 rings (SSSR count). The van der Waals surface area contributed by atoms with E-state index in [1.54, 1.807) is 0 Å². The first kappa shape index (κ1) is 21.4. The first-order valence-electron chi connectivity index (χ1n) is 26.0. The fraction of sp³-hybridized carbons (Fsp3) is 0.520. The van der Waals surface area contributed by atoms with Crippen LogP contribution < -0.4 is 4.90 Å². The molecule has 4 aromatic carbocycles. The van der Waals surface area contributed by atoms with Gasteiger partial charge in [0, 0.05) is 22.5 Å². The summed E-state index contributed by atoms with van der Waals surface area (Å²) in [5.41, 5.74) is -0.779. The lowest BCUT2D eigenvalue weighted by Crippen LogP contribution is -2.55. The van der Waals surface area contributed by atoms with E-state index < -0.39 is 39.2 Å². The van der Waals surface area contributed by atoms with Crippen LogP contribution in [-0.2, 0) is 27.1 Å². The van der Waals surface area contributed by atoms with Gasteiger partial charge in [0.2, 0.25) is 0 Å². The van der Waals surface area contributed by atoms with Gasteiger partial charge in [-0.3, -0.25) is 0 Å². The fourth-order valence-electron chi connectivity index (χ4n) is 11.8. The molecule has 0 atom stereocenters. The summed E-state index contributed by atoms with van der Waals surface area (Å²) in [6.45, 7) is 16.1. The molecule has 0 N–H and O–H groups in total. The van der Waals surface area contributed by atoms with Crippen molar-refractivity contribution in [3.05, 3.63) is 112 Å². The zero-order chi connectivity index (χ0) is 46.6. The van der Waals surface area contributed by atoms with E-state index in [-0.39, 0.29) is 106 Å². The molecule has 0 amide bonds. The normalized spacial score (nSPS) is 34.3.